The third kappa shape index (κ3) is 2.99. The zero-order valence-electron chi connectivity index (χ0n) is 15.0. The lowest BCUT2D eigenvalue weighted by Crippen LogP contribution is -2.32. The number of ether oxygens (including phenoxy) is 1. The van der Waals surface area contributed by atoms with Crippen LogP contribution in [-0.2, 0) is 4.74 Å². The predicted molar refractivity (Wildman–Crippen MR) is 106 cm³/mol. The normalized spacial score (nSPS) is 16.2. The minimum absolute atomic E-state index is 0.123. The highest BCUT2D eigenvalue weighted by Gasteiger charge is 2.42. The summed E-state index contributed by atoms with van der Waals surface area (Å²) >= 11 is 3.48. The molecule has 1 atom stereocenters. The second-order valence-electron chi connectivity index (χ2n) is 6.62. The highest BCUT2D eigenvalue weighted by atomic mass is 79.9. The second-order valence-corrected chi connectivity index (χ2v) is 7.54. The Morgan fingerprint density at radius 1 is 1.19 bits per heavy atom. The Morgan fingerprint density at radius 2 is 2.00 bits per heavy atom. The van der Waals surface area contributed by atoms with Gasteiger partial charge in [0.25, 0.3) is 5.91 Å². The molecule has 6 heteroatoms. The van der Waals surface area contributed by atoms with Crippen molar-refractivity contribution in [2.45, 2.75) is 13.0 Å². The number of methoxy groups -OCH3 is 1. The van der Waals surface area contributed by atoms with Crippen LogP contribution in [0, 0.1) is 6.92 Å². The average molecular weight is 428 g/mol. The first-order valence-electron chi connectivity index (χ1n) is 8.64. The standard InChI is InChI=1S/C21H18BrNO4/c1-12-6-7-16-15(10-12)19(24)17-18(13-4-3-5-14(22)11-13)23(8-9-26-2)21(25)20(17)27-16/h3-7,10-11,18H,8-9H2,1-2H3. The summed E-state index contributed by atoms with van der Waals surface area (Å²) in [4.78, 5) is 28.0. The highest BCUT2D eigenvalue weighted by Crippen LogP contribution is 2.38. The molecule has 0 saturated heterocycles. The van der Waals surface area contributed by atoms with E-state index < -0.39 is 6.04 Å². The zero-order chi connectivity index (χ0) is 19.1. The van der Waals surface area contributed by atoms with Crippen LogP contribution in [0.25, 0.3) is 11.0 Å². The number of benzene rings is 2. The van der Waals surface area contributed by atoms with Crippen LogP contribution >= 0.6 is 15.9 Å². The molecule has 138 valence electrons. The van der Waals surface area contributed by atoms with Crippen LogP contribution in [-0.4, -0.2) is 31.1 Å². The molecule has 2 heterocycles. The number of rotatable bonds is 4. The van der Waals surface area contributed by atoms with E-state index in [0.717, 1.165) is 15.6 Å². The Labute approximate surface area is 164 Å². The van der Waals surface area contributed by atoms with Gasteiger partial charge in [0.1, 0.15) is 5.58 Å². The molecular weight excluding hydrogens is 410 g/mol. The van der Waals surface area contributed by atoms with E-state index in [2.05, 4.69) is 15.9 Å². The van der Waals surface area contributed by atoms with Gasteiger partial charge in [-0.3, -0.25) is 9.59 Å². The molecule has 1 aromatic heterocycles. The Balaban J connectivity index is 1.99. The lowest BCUT2D eigenvalue weighted by molar-refractivity contribution is 0.0663. The molecule has 0 spiro atoms. The maximum atomic E-state index is 13.3. The van der Waals surface area contributed by atoms with Crippen molar-refractivity contribution >= 4 is 32.8 Å². The minimum Gasteiger partial charge on any atom is -0.450 e. The molecule has 4 rings (SSSR count). The van der Waals surface area contributed by atoms with Gasteiger partial charge in [0.15, 0.2) is 5.43 Å². The van der Waals surface area contributed by atoms with E-state index in [-0.39, 0.29) is 17.1 Å². The molecule has 0 saturated carbocycles. The molecule has 1 aliphatic heterocycles. The lowest BCUT2D eigenvalue weighted by atomic mass is 9.98. The van der Waals surface area contributed by atoms with E-state index in [1.54, 1.807) is 18.1 Å². The quantitative estimate of drug-likeness (QED) is 0.629. The van der Waals surface area contributed by atoms with E-state index in [1.807, 2.05) is 43.3 Å². The first-order chi connectivity index (χ1) is 13.0. The molecule has 0 fully saturated rings. The van der Waals surface area contributed by atoms with Crippen molar-refractivity contribution < 1.29 is 13.9 Å². The number of fused-ring (bicyclic) bond motifs is 2. The fourth-order valence-corrected chi connectivity index (χ4v) is 3.99. The minimum atomic E-state index is -0.499. The summed E-state index contributed by atoms with van der Waals surface area (Å²) in [7, 11) is 1.59. The maximum absolute atomic E-state index is 13.3. The first kappa shape index (κ1) is 17.9. The Morgan fingerprint density at radius 3 is 2.74 bits per heavy atom. The fraction of sp³-hybridized carbons (Fsp3) is 0.238. The number of carbonyl (C=O) groups excluding carboxylic acids is 1. The van der Waals surface area contributed by atoms with Crippen molar-refractivity contribution in [2.75, 3.05) is 20.3 Å². The summed E-state index contributed by atoms with van der Waals surface area (Å²) in [6.45, 7) is 2.66. The van der Waals surface area contributed by atoms with Crippen LogP contribution in [0.4, 0.5) is 0 Å². The summed E-state index contributed by atoms with van der Waals surface area (Å²) in [6.07, 6.45) is 0. The van der Waals surface area contributed by atoms with Gasteiger partial charge in [-0.15, -0.1) is 0 Å². The van der Waals surface area contributed by atoms with E-state index in [1.165, 1.54) is 0 Å². The molecule has 5 nitrogen and oxygen atoms in total. The molecular formula is C21H18BrNO4. The van der Waals surface area contributed by atoms with Gasteiger partial charge in [0, 0.05) is 18.1 Å². The largest absolute Gasteiger partial charge is 0.450 e. The number of carbonyl (C=O) groups is 1. The van der Waals surface area contributed by atoms with E-state index in [4.69, 9.17) is 9.15 Å². The number of hydrogen-bond acceptors (Lipinski definition) is 4. The van der Waals surface area contributed by atoms with Gasteiger partial charge < -0.3 is 14.1 Å². The van der Waals surface area contributed by atoms with Gasteiger partial charge in [0.2, 0.25) is 5.76 Å². The molecule has 0 radical (unpaired) electrons. The Bertz CT molecular complexity index is 1110. The van der Waals surface area contributed by atoms with Gasteiger partial charge in [-0.1, -0.05) is 39.7 Å². The second kappa shape index (κ2) is 6.94. The maximum Gasteiger partial charge on any atom is 0.290 e. The van der Waals surface area contributed by atoms with Gasteiger partial charge >= 0.3 is 0 Å². The third-order valence-electron chi connectivity index (χ3n) is 4.82. The van der Waals surface area contributed by atoms with Crippen LogP contribution in [0.1, 0.15) is 33.3 Å². The van der Waals surface area contributed by atoms with Crippen molar-refractivity contribution in [3.63, 3.8) is 0 Å². The number of nitrogens with zero attached hydrogens (tertiary/aromatic N) is 1. The number of amides is 1. The van der Waals surface area contributed by atoms with Crippen molar-refractivity contribution in [1.29, 1.82) is 0 Å². The van der Waals surface area contributed by atoms with Crippen LogP contribution in [0.3, 0.4) is 0 Å². The van der Waals surface area contributed by atoms with E-state index in [9.17, 15) is 9.59 Å². The number of halogens is 1. The molecule has 0 N–H and O–H groups in total. The van der Waals surface area contributed by atoms with Gasteiger partial charge in [0.05, 0.1) is 23.6 Å². The molecule has 3 aromatic rings. The van der Waals surface area contributed by atoms with Gasteiger partial charge in [-0.2, -0.15) is 0 Å². The van der Waals surface area contributed by atoms with Crippen molar-refractivity contribution in [2.24, 2.45) is 0 Å². The zero-order valence-corrected chi connectivity index (χ0v) is 16.6. The lowest BCUT2D eigenvalue weighted by Gasteiger charge is -2.24. The molecule has 27 heavy (non-hydrogen) atoms. The summed E-state index contributed by atoms with van der Waals surface area (Å²) in [5.41, 5.74) is 2.49. The molecule has 1 unspecified atom stereocenters. The molecule has 1 amide bonds. The average Bonchev–Trinajstić information content (AvgIpc) is 2.93. The summed E-state index contributed by atoms with van der Waals surface area (Å²) < 4.78 is 12.0. The highest BCUT2D eigenvalue weighted by molar-refractivity contribution is 9.10. The first-order valence-corrected chi connectivity index (χ1v) is 9.43. The monoisotopic (exact) mass is 427 g/mol. The van der Waals surface area contributed by atoms with Crippen LogP contribution < -0.4 is 5.43 Å². The van der Waals surface area contributed by atoms with Gasteiger partial charge in [-0.05, 0) is 36.8 Å². The van der Waals surface area contributed by atoms with Crippen LogP contribution in [0.5, 0.6) is 0 Å². The number of hydrogen-bond donors (Lipinski definition) is 0. The van der Waals surface area contributed by atoms with E-state index in [0.29, 0.717) is 29.7 Å². The molecule has 0 bridgehead atoms. The predicted octanol–water partition coefficient (Wildman–Crippen LogP) is 4.06. The van der Waals surface area contributed by atoms with E-state index >= 15 is 0 Å². The van der Waals surface area contributed by atoms with Crippen molar-refractivity contribution in [3.8, 4) is 0 Å². The summed E-state index contributed by atoms with van der Waals surface area (Å²) in [5, 5.41) is 0.495. The van der Waals surface area contributed by atoms with Crippen molar-refractivity contribution in [1.82, 2.24) is 4.90 Å². The molecule has 0 aliphatic carbocycles. The third-order valence-corrected chi connectivity index (χ3v) is 5.32. The Hall–Kier alpha value is -2.44. The Kier molecular flexibility index (Phi) is 4.61. The summed E-state index contributed by atoms with van der Waals surface area (Å²) in [6, 6.07) is 12.6. The summed E-state index contributed by atoms with van der Waals surface area (Å²) in [5.74, 6) is -0.163. The molecule has 2 aromatic carbocycles. The number of aryl methyl sites for hydroxylation is 1. The smallest absolute Gasteiger partial charge is 0.290 e. The topological polar surface area (TPSA) is 59.8 Å². The SMILES string of the molecule is COCCN1C(=O)c2oc3ccc(C)cc3c(=O)c2C1c1cccc(Br)c1. The van der Waals surface area contributed by atoms with Crippen molar-refractivity contribution in [3.05, 3.63) is 79.6 Å². The van der Waals surface area contributed by atoms with Gasteiger partial charge in [-0.25, -0.2) is 0 Å². The van der Waals surface area contributed by atoms with Crippen LogP contribution in [0.2, 0.25) is 0 Å². The molecule has 1 aliphatic rings. The van der Waals surface area contributed by atoms with Crippen LogP contribution in [0.15, 0.2) is 56.1 Å². The fourth-order valence-electron chi connectivity index (χ4n) is 3.58.